The molecular formula is C24H30N6O9S2. The second-order valence-corrected chi connectivity index (χ2v) is 11.9. The molecule has 41 heavy (non-hydrogen) atoms. The minimum atomic E-state index is -1.06. The molecule has 1 fully saturated rings. The lowest BCUT2D eigenvalue weighted by Gasteiger charge is -2.49. The topological polar surface area (TPSA) is 203 Å². The first-order chi connectivity index (χ1) is 19.3. The van der Waals surface area contributed by atoms with Gasteiger partial charge in [0, 0.05) is 25.2 Å². The van der Waals surface area contributed by atoms with Gasteiger partial charge in [0.1, 0.15) is 29.4 Å². The predicted octanol–water partition coefficient (Wildman–Crippen LogP) is 0.902. The number of anilines is 1. The summed E-state index contributed by atoms with van der Waals surface area (Å²) in [5, 5.41) is 15.7. The molecule has 0 bridgehead atoms. The highest BCUT2D eigenvalue weighted by atomic mass is 32.2. The fourth-order valence-corrected chi connectivity index (χ4v) is 5.31. The molecule has 4 N–H and O–H groups in total. The predicted molar refractivity (Wildman–Crippen MR) is 148 cm³/mol. The lowest BCUT2D eigenvalue weighted by Crippen LogP contribution is -2.71. The van der Waals surface area contributed by atoms with Gasteiger partial charge >= 0.3 is 18.0 Å². The quantitative estimate of drug-likeness (QED) is 0.0891. The van der Waals surface area contributed by atoms with Crippen LogP contribution in [0.2, 0.25) is 0 Å². The second-order valence-electron chi connectivity index (χ2n) is 9.86. The maximum Gasteiger partial charge on any atom is 0.409 e. The number of amides is 3. The molecule has 1 aromatic rings. The van der Waals surface area contributed by atoms with E-state index < -0.39 is 59.2 Å². The third-order valence-corrected chi connectivity index (χ3v) is 7.51. The highest BCUT2D eigenvalue weighted by Crippen LogP contribution is 2.41. The molecule has 2 aliphatic heterocycles. The Kier molecular flexibility index (Phi) is 9.98. The van der Waals surface area contributed by atoms with E-state index in [0.29, 0.717) is 5.57 Å². The molecule has 3 amide bonds. The number of carbonyl (C=O) groups is 5. The first-order valence-corrected chi connectivity index (χ1v) is 14.0. The van der Waals surface area contributed by atoms with Crippen LogP contribution in [0.5, 0.6) is 0 Å². The number of nitrogens with zero attached hydrogens (tertiary/aromatic N) is 4. The van der Waals surface area contributed by atoms with Crippen LogP contribution in [0.4, 0.5) is 9.93 Å². The van der Waals surface area contributed by atoms with Gasteiger partial charge in [-0.05, 0) is 32.4 Å². The van der Waals surface area contributed by atoms with Gasteiger partial charge in [0.25, 0.3) is 11.8 Å². The lowest BCUT2D eigenvalue weighted by molar-refractivity contribution is -0.173. The number of rotatable bonds is 9. The van der Waals surface area contributed by atoms with Crippen molar-refractivity contribution in [2.24, 2.45) is 10.6 Å². The number of thioether (sulfide) groups is 1. The van der Waals surface area contributed by atoms with E-state index in [4.69, 9.17) is 19.9 Å². The van der Waals surface area contributed by atoms with E-state index in [9.17, 15) is 29.2 Å². The van der Waals surface area contributed by atoms with Crippen LogP contribution in [0.3, 0.4) is 0 Å². The number of allylic oxidation sites excluding steroid dienone is 1. The van der Waals surface area contributed by atoms with Crippen molar-refractivity contribution in [2.45, 2.75) is 32.2 Å². The molecule has 2 aliphatic rings. The van der Waals surface area contributed by atoms with E-state index in [-0.39, 0.29) is 28.9 Å². The molecule has 17 heteroatoms. The van der Waals surface area contributed by atoms with Crippen molar-refractivity contribution in [1.29, 1.82) is 0 Å². The number of esters is 2. The summed E-state index contributed by atoms with van der Waals surface area (Å²) >= 11 is 2.29. The number of nitrogen functional groups attached to an aromatic ring is 1. The van der Waals surface area contributed by atoms with Gasteiger partial charge < -0.3 is 35.4 Å². The molecule has 0 aliphatic carbocycles. The Bertz CT molecular complexity index is 1310. The molecule has 0 aromatic carbocycles. The maximum absolute atomic E-state index is 13.2. The van der Waals surface area contributed by atoms with Gasteiger partial charge in [0.15, 0.2) is 10.8 Å². The summed E-state index contributed by atoms with van der Waals surface area (Å²) in [5.74, 6) is -2.81. The van der Waals surface area contributed by atoms with E-state index in [1.807, 2.05) is 0 Å². The third-order valence-electron chi connectivity index (χ3n) is 5.54. The zero-order chi connectivity index (χ0) is 30.5. The summed E-state index contributed by atoms with van der Waals surface area (Å²) in [4.78, 5) is 69.1. The van der Waals surface area contributed by atoms with Crippen molar-refractivity contribution in [3.8, 4) is 0 Å². The monoisotopic (exact) mass is 610 g/mol. The molecule has 3 rings (SSSR count). The summed E-state index contributed by atoms with van der Waals surface area (Å²) in [6.45, 7) is 4.13. The number of nitrogens with one attached hydrogen (secondary N) is 1. The molecular weight excluding hydrogens is 580 g/mol. The molecule has 0 spiro atoms. The van der Waals surface area contributed by atoms with E-state index in [1.165, 1.54) is 48.3 Å². The number of ether oxygens (including phenoxy) is 3. The summed E-state index contributed by atoms with van der Waals surface area (Å²) in [7, 11) is 3.05. The molecule has 0 saturated carbocycles. The third kappa shape index (κ3) is 7.35. The van der Waals surface area contributed by atoms with Crippen LogP contribution in [-0.4, -0.2) is 100 Å². The molecule has 222 valence electrons. The van der Waals surface area contributed by atoms with Crippen LogP contribution in [0.1, 0.15) is 26.5 Å². The Hall–Kier alpha value is -4.12. The number of nitrogens with two attached hydrogens (primary N) is 1. The Morgan fingerprint density at radius 1 is 1.27 bits per heavy atom. The zero-order valence-corrected chi connectivity index (χ0v) is 24.5. The van der Waals surface area contributed by atoms with Crippen molar-refractivity contribution < 1.29 is 43.4 Å². The molecule has 2 atom stereocenters. The summed E-state index contributed by atoms with van der Waals surface area (Å²) < 4.78 is 15.2. The molecule has 1 aromatic heterocycles. The van der Waals surface area contributed by atoms with Gasteiger partial charge in [0.2, 0.25) is 6.79 Å². The fraction of sp³-hybridized carbons (Fsp3) is 0.458. The van der Waals surface area contributed by atoms with Crippen molar-refractivity contribution in [3.63, 3.8) is 0 Å². The molecule has 1 unspecified atom stereocenters. The summed E-state index contributed by atoms with van der Waals surface area (Å²) in [6.07, 6.45) is 2.45. The zero-order valence-electron chi connectivity index (χ0n) is 22.9. The largest absolute Gasteiger partial charge is 0.445 e. The van der Waals surface area contributed by atoms with Crippen LogP contribution in [0.25, 0.3) is 0 Å². The summed E-state index contributed by atoms with van der Waals surface area (Å²) in [6, 6.07) is -1.06. The number of carbonyl (C=O) groups excluding carboxylic acids is 5. The van der Waals surface area contributed by atoms with Gasteiger partial charge in [-0.15, -0.1) is 23.1 Å². The number of thiazole rings is 1. The fourth-order valence-electron chi connectivity index (χ4n) is 3.44. The Morgan fingerprint density at radius 2 is 1.98 bits per heavy atom. The van der Waals surface area contributed by atoms with E-state index in [0.717, 1.165) is 16.2 Å². The Labute approximate surface area is 243 Å². The van der Waals surface area contributed by atoms with Gasteiger partial charge in [-0.1, -0.05) is 11.2 Å². The number of hydrogen-bond acceptors (Lipinski definition) is 14. The number of oxime groups is 1. The number of β-lactam (4-membered cyclic amide) rings is 1. The summed E-state index contributed by atoms with van der Waals surface area (Å²) in [5.41, 5.74) is 4.63. The maximum atomic E-state index is 13.2. The minimum Gasteiger partial charge on any atom is -0.445 e. The normalized spacial score (nSPS) is 18.9. The second kappa shape index (κ2) is 13.0. The minimum absolute atomic E-state index is 0.0313. The number of aromatic nitrogens is 1. The lowest BCUT2D eigenvalue weighted by atomic mass is 9.98. The standard InChI is InChI=1S/C24H30N6O9S2/c1-24(2,3)21(34)39-11-38-20(33)16-12(7-6-8-37-23(35)29(4)5)9-40-19-15(18(32)30(16)19)27-17(31)14(28-36)13-10-41-22(25)26-13/h6-7,10,15,19,36H,8-9,11H2,1-5H3,(H2,25,26)(H,27,31)/b7-6-,28-14-/t15?,19-/m1/s1. The van der Waals surface area contributed by atoms with Crippen LogP contribution in [-0.2, 0) is 33.4 Å². The number of hydrogen-bond donors (Lipinski definition) is 3. The van der Waals surface area contributed by atoms with E-state index >= 15 is 0 Å². The number of fused-ring (bicyclic) bond motifs is 1. The van der Waals surface area contributed by atoms with Crippen molar-refractivity contribution in [2.75, 3.05) is 39.0 Å². The average molecular weight is 611 g/mol. The van der Waals surface area contributed by atoms with Crippen LogP contribution in [0.15, 0.2) is 34.0 Å². The first-order valence-electron chi connectivity index (χ1n) is 12.0. The SMILES string of the molecule is CN(C)C(=O)OC/C=C\C1=C(C(=O)OCOC(=O)C(C)(C)C)N2C(=O)C(NC(=O)/C(=N\O)c3csc(N)n3)[C@H]2SC1. The van der Waals surface area contributed by atoms with Gasteiger partial charge in [0.05, 0.1) is 5.41 Å². The highest BCUT2D eigenvalue weighted by molar-refractivity contribution is 8.00. The van der Waals surface area contributed by atoms with Crippen LogP contribution >= 0.6 is 23.1 Å². The molecule has 15 nitrogen and oxygen atoms in total. The smallest absolute Gasteiger partial charge is 0.409 e. The molecule has 0 radical (unpaired) electrons. The van der Waals surface area contributed by atoms with Crippen molar-refractivity contribution in [1.82, 2.24) is 20.1 Å². The van der Waals surface area contributed by atoms with Crippen LogP contribution < -0.4 is 11.1 Å². The first kappa shape index (κ1) is 31.4. The molecule has 3 heterocycles. The molecule has 1 saturated heterocycles. The van der Waals surface area contributed by atoms with E-state index in [1.54, 1.807) is 20.8 Å². The van der Waals surface area contributed by atoms with Gasteiger partial charge in [-0.3, -0.25) is 19.3 Å². The Morgan fingerprint density at radius 3 is 2.56 bits per heavy atom. The van der Waals surface area contributed by atoms with Gasteiger partial charge in [-0.25, -0.2) is 14.6 Å². The van der Waals surface area contributed by atoms with Gasteiger partial charge in [-0.2, -0.15) is 0 Å². The van der Waals surface area contributed by atoms with Crippen molar-refractivity contribution >= 4 is 63.8 Å². The van der Waals surface area contributed by atoms with Crippen LogP contribution in [0, 0.1) is 5.41 Å². The average Bonchev–Trinajstić information content (AvgIpc) is 3.34. The van der Waals surface area contributed by atoms with E-state index in [2.05, 4.69) is 15.5 Å². The van der Waals surface area contributed by atoms with Crippen molar-refractivity contribution in [3.05, 3.63) is 34.5 Å². The highest BCUT2D eigenvalue weighted by Gasteiger charge is 2.54. The Balaban J connectivity index is 1.78.